The zero-order chi connectivity index (χ0) is 11.8. The molecule has 0 unspecified atom stereocenters. The molecule has 1 aromatic heterocycles. The van der Waals surface area contributed by atoms with Gasteiger partial charge in [-0.3, -0.25) is 9.89 Å². The normalized spacial score (nSPS) is 15.1. The molecule has 0 aliphatic heterocycles. The van der Waals surface area contributed by atoms with Crippen LogP contribution >= 0.6 is 0 Å². The second-order valence-corrected chi connectivity index (χ2v) is 4.90. The fraction of sp³-hybridized carbons (Fsp3) is 0.357. The van der Waals surface area contributed by atoms with Crippen LogP contribution in [0.2, 0.25) is 0 Å². The summed E-state index contributed by atoms with van der Waals surface area (Å²) >= 11 is 0. The van der Waals surface area contributed by atoms with Crippen LogP contribution in [0.15, 0.2) is 35.1 Å². The molecule has 17 heavy (non-hydrogen) atoms. The number of hydrogen-bond donors (Lipinski definition) is 1. The van der Waals surface area contributed by atoms with E-state index in [0.717, 1.165) is 11.3 Å². The molecule has 3 nitrogen and oxygen atoms in total. The van der Waals surface area contributed by atoms with Crippen LogP contribution in [0.1, 0.15) is 35.6 Å². The quantitative estimate of drug-likeness (QED) is 0.860. The smallest absolute Gasteiger partial charge is 0.267 e. The fourth-order valence-corrected chi connectivity index (χ4v) is 2.17. The van der Waals surface area contributed by atoms with Crippen LogP contribution in [0.4, 0.5) is 0 Å². The van der Waals surface area contributed by atoms with E-state index in [1.165, 1.54) is 18.4 Å². The molecule has 0 amide bonds. The van der Waals surface area contributed by atoms with Crippen LogP contribution < -0.4 is 5.56 Å². The van der Waals surface area contributed by atoms with E-state index in [2.05, 4.69) is 30.2 Å². The molecule has 1 aliphatic carbocycles. The molecule has 2 aromatic rings. The first-order valence-electron chi connectivity index (χ1n) is 6.08. The maximum Gasteiger partial charge on any atom is 0.267 e. The van der Waals surface area contributed by atoms with Crippen LogP contribution in [0.25, 0.3) is 0 Å². The van der Waals surface area contributed by atoms with Gasteiger partial charge in [-0.15, -0.1) is 0 Å². The zero-order valence-electron chi connectivity index (χ0n) is 9.94. The third-order valence-corrected chi connectivity index (χ3v) is 3.25. The van der Waals surface area contributed by atoms with Crippen molar-refractivity contribution >= 4 is 0 Å². The van der Waals surface area contributed by atoms with E-state index in [-0.39, 0.29) is 5.56 Å². The van der Waals surface area contributed by atoms with Crippen molar-refractivity contribution in [3.8, 4) is 0 Å². The van der Waals surface area contributed by atoms with Gasteiger partial charge in [0, 0.05) is 17.7 Å². The fourth-order valence-electron chi connectivity index (χ4n) is 2.17. The van der Waals surface area contributed by atoms with Crippen LogP contribution in [0.5, 0.6) is 0 Å². The molecule has 0 radical (unpaired) electrons. The molecule has 1 heterocycles. The summed E-state index contributed by atoms with van der Waals surface area (Å²) in [7, 11) is 0. The summed E-state index contributed by atoms with van der Waals surface area (Å²) < 4.78 is 1.70. The van der Waals surface area contributed by atoms with Crippen molar-refractivity contribution in [1.29, 1.82) is 0 Å². The van der Waals surface area contributed by atoms with Crippen LogP contribution in [0, 0.1) is 6.92 Å². The van der Waals surface area contributed by atoms with Crippen molar-refractivity contribution in [1.82, 2.24) is 9.78 Å². The Hall–Kier alpha value is -1.77. The summed E-state index contributed by atoms with van der Waals surface area (Å²) in [4.78, 5) is 11.8. The average Bonchev–Trinajstić information content (AvgIpc) is 3.06. The zero-order valence-corrected chi connectivity index (χ0v) is 9.94. The summed E-state index contributed by atoms with van der Waals surface area (Å²) in [5.41, 5.74) is 3.57. The van der Waals surface area contributed by atoms with Gasteiger partial charge in [-0.25, -0.2) is 4.68 Å². The highest BCUT2D eigenvalue weighted by Crippen LogP contribution is 2.38. The Balaban J connectivity index is 1.87. The lowest BCUT2D eigenvalue weighted by molar-refractivity contribution is 0.651. The Morgan fingerprint density at radius 1 is 1.35 bits per heavy atom. The number of aryl methyl sites for hydroxylation is 1. The monoisotopic (exact) mass is 228 g/mol. The van der Waals surface area contributed by atoms with Gasteiger partial charge in [-0.2, -0.15) is 0 Å². The average molecular weight is 228 g/mol. The van der Waals surface area contributed by atoms with Gasteiger partial charge in [0.05, 0.1) is 6.54 Å². The van der Waals surface area contributed by atoms with E-state index in [4.69, 9.17) is 0 Å². The molecular formula is C14H16N2O. The third kappa shape index (κ3) is 2.18. The topological polar surface area (TPSA) is 37.8 Å². The minimum Gasteiger partial charge on any atom is -0.299 e. The highest BCUT2D eigenvalue weighted by Gasteiger charge is 2.25. The van der Waals surface area contributed by atoms with E-state index in [0.29, 0.717) is 12.5 Å². The number of aromatic nitrogens is 2. The van der Waals surface area contributed by atoms with Gasteiger partial charge in [0.2, 0.25) is 0 Å². The largest absolute Gasteiger partial charge is 0.299 e. The first-order chi connectivity index (χ1) is 8.22. The molecule has 1 aromatic carbocycles. The predicted octanol–water partition coefficient (Wildman–Crippen LogP) is 2.41. The Kier molecular flexibility index (Phi) is 2.39. The van der Waals surface area contributed by atoms with Gasteiger partial charge in [0.25, 0.3) is 5.56 Å². The van der Waals surface area contributed by atoms with Gasteiger partial charge in [-0.1, -0.05) is 29.8 Å². The van der Waals surface area contributed by atoms with E-state index in [1.54, 1.807) is 10.7 Å². The van der Waals surface area contributed by atoms with Crippen LogP contribution in [-0.2, 0) is 6.54 Å². The second-order valence-electron chi connectivity index (χ2n) is 4.90. The summed E-state index contributed by atoms with van der Waals surface area (Å²) in [5.74, 6) is 0.599. The molecule has 1 aliphatic rings. The van der Waals surface area contributed by atoms with Gasteiger partial charge < -0.3 is 0 Å². The van der Waals surface area contributed by atoms with Gasteiger partial charge in [0.15, 0.2) is 0 Å². The van der Waals surface area contributed by atoms with E-state index < -0.39 is 0 Å². The maximum atomic E-state index is 11.8. The van der Waals surface area contributed by atoms with E-state index >= 15 is 0 Å². The first-order valence-corrected chi connectivity index (χ1v) is 6.08. The molecule has 1 N–H and O–H groups in total. The minimum absolute atomic E-state index is 0.0772. The highest BCUT2D eigenvalue weighted by molar-refractivity contribution is 5.22. The maximum absolute atomic E-state index is 11.8. The number of rotatable bonds is 3. The molecule has 3 heteroatoms. The third-order valence-electron chi connectivity index (χ3n) is 3.25. The summed E-state index contributed by atoms with van der Waals surface area (Å²) in [6.45, 7) is 2.70. The van der Waals surface area contributed by atoms with E-state index in [1.807, 2.05) is 6.07 Å². The molecule has 0 spiro atoms. The summed E-state index contributed by atoms with van der Waals surface area (Å²) in [6, 6.07) is 10.0. The van der Waals surface area contributed by atoms with Gasteiger partial charge in [-0.05, 0) is 25.3 Å². The highest BCUT2D eigenvalue weighted by atomic mass is 16.1. The molecule has 1 saturated carbocycles. The van der Waals surface area contributed by atoms with Crippen molar-refractivity contribution in [2.45, 2.75) is 32.2 Å². The lowest BCUT2D eigenvalue weighted by Crippen LogP contribution is -2.16. The van der Waals surface area contributed by atoms with Crippen molar-refractivity contribution in [3.63, 3.8) is 0 Å². The minimum atomic E-state index is 0.0772. The Bertz CT molecular complexity index is 590. The van der Waals surface area contributed by atoms with Gasteiger partial charge >= 0.3 is 0 Å². The lowest BCUT2D eigenvalue weighted by Gasteiger charge is -2.03. The number of benzene rings is 1. The molecule has 1 fully saturated rings. The SMILES string of the molecule is Cc1cccc(Cn2[nH]c(C3CC3)cc2=O)c1. The van der Waals surface area contributed by atoms with E-state index in [9.17, 15) is 4.79 Å². The molecular weight excluding hydrogens is 212 g/mol. The summed E-state index contributed by atoms with van der Waals surface area (Å²) in [6.07, 6.45) is 2.43. The Morgan fingerprint density at radius 2 is 2.18 bits per heavy atom. The van der Waals surface area contributed by atoms with Crippen molar-refractivity contribution in [2.24, 2.45) is 0 Å². The Morgan fingerprint density at radius 3 is 2.88 bits per heavy atom. The Labute approximate surface area is 100 Å². The lowest BCUT2D eigenvalue weighted by atomic mass is 10.1. The van der Waals surface area contributed by atoms with Crippen molar-refractivity contribution < 1.29 is 0 Å². The molecule has 3 rings (SSSR count). The molecule has 88 valence electrons. The van der Waals surface area contributed by atoms with Crippen molar-refractivity contribution in [2.75, 3.05) is 0 Å². The summed E-state index contributed by atoms with van der Waals surface area (Å²) in [5, 5.41) is 3.22. The number of hydrogen-bond acceptors (Lipinski definition) is 1. The number of nitrogens with zero attached hydrogens (tertiary/aromatic N) is 1. The standard InChI is InChI=1S/C14H16N2O/c1-10-3-2-4-11(7-10)9-16-14(17)8-13(15-16)12-5-6-12/h2-4,7-8,12,15H,5-6,9H2,1H3. The van der Waals surface area contributed by atoms with Crippen molar-refractivity contribution in [3.05, 3.63) is 57.5 Å². The molecule has 0 bridgehead atoms. The molecule has 0 atom stereocenters. The van der Waals surface area contributed by atoms with Gasteiger partial charge in [0.1, 0.15) is 0 Å². The van der Waals surface area contributed by atoms with Crippen LogP contribution in [-0.4, -0.2) is 9.78 Å². The number of aromatic amines is 1. The van der Waals surface area contributed by atoms with Crippen LogP contribution in [0.3, 0.4) is 0 Å². The predicted molar refractivity (Wildman–Crippen MR) is 67.3 cm³/mol. The second kappa shape index (κ2) is 3.91. The first kappa shape index (κ1) is 10.4. The number of nitrogens with one attached hydrogen (secondary N) is 1. The molecule has 0 saturated heterocycles. The number of H-pyrrole nitrogens is 1.